The molecule has 46 nitrogen and oxygen atoms in total. The van der Waals surface area contributed by atoms with E-state index in [4.69, 9.17) is 23.5 Å². The standard InChI is InChI=1S/C11H14N4.C11H19N3OS.C9H10N4.C8H13N3O2.C8H13N3.2C8H12N2O2S.2C8H12N2O2.C7H11N3OS.C7H10N2.C6H8N2O2S/c1-8-6-9(2)15(14-8)10-4-5-13-11(7-10)12-3;1-5-6-7-8-9(10(15)14(3)4)16-11(12-2)13-8;1-10-9-7-8(3-5-11-9)13-6-2-4-12-13;1-4-13-8(12)6-5-7(9-2)10-11(6)3;1-9-8-5-7(6-3-4-6)10-11(8)2;1-4-12-7(11)6-5(2)10-8(9-3)13-6;1-3-12-7(11)4-6-5-13-8(9-2)10-6;1-9-6-4-7(8(11)12-3)10(2)5-6;1-4-11-6(2)7-5-8(9-3)10-12-7;1-4-5(6(11)8-2)12-7(9-3)10-4;1-9(2)7-5-3-4-6-8-7;1-7-6-8-4(3-11-6)5(9)10-2/h4-7H,1-3H3,(H,12,13);5-7H2,1-4H3,(H,12,13);2-7H,1H3,(H,10,11);5H,4H2,1-3H3,(H,9,10);5-6,9H,3-4H2,1-2H3;4H2,1-3H3,(H,9,10);5H,3-4H2,1-2H3,(H,9,10);4-5,9H,1-3H3;5H,2,4H2,1,3H3,(H,9,10);1-3H3,(H,8,11)(H,9,10);3-6H,1-2H3;3H,1-2H3,(H,7,8). The summed E-state index contributed by atoms with van der Waals surface area (Å²) in [6.07, 6.45) is 16.7. The highest BCUT2D eigenvalue weighted by molar-refractivity contribution is 7.18. The summed E-state index contributed by atoms with van der Waals surface area (Å²) < 4.78 is 42.4. The van der Waals surface area contributed by atoms with Crippen LogP contribution in [0.5, 0.6) is 0 Å². The van der Waals surface area contributed by atoms with E-state index >= 15 is 0 Å². The lowest BCUT2D eigenvalue weighted by Gasteiger charge is -2.09. The number of methoxy groups -OCH3 is 2. The lowest BCUT2D eigenvalue weighted by molar-refractivity contribution is -0.142. The number of esters is 5. The summed E-state index contributed by atoms with van der Waals surface area (Å²) in [4.78, 5) is 117. The van der Waals surface area contributed by atoms with Gasteiger partial charge in [-0.05, 0) is 124 Å². The summed E-state index contributed by atoms with van der Waals surface area (Å²) in [5.74, 6) is 5.32. The minimum atomic E-state index is -0.400. The molecule has 15 rings (SSSR count). The summed E-state index contributed by atoms with van der Waals surface area (Å²) in [6, 6.07) is 24.8. The first-order valence-electron chi connectivity index (χ1n) is 47.3. The molecule has 51 heteroatoms. The van der Waals surface area contributed by atoms with Crippen LogP contribution in [0.3, 0.4) is 0 Å². The minimum Gasteiger partial charge on any atom is -0.490 e. The van der Waals surface area contributed by atoms with E-state index in [0.717, 1.165) is 119 Å². The van der Waals surface area contributed by atoms with E-state index in [1.165, 1.54) is 94.1 Å². The number of nitrogens with one attached hydrogen (secondary N) is 12. The van der Waals surface area contributed by atoms with Crippen LogP contribution in [0.1, 0.15) is 172 Å². The molecule has 14 aromatic heterocycles. The minimum absolute atomic E-state index is 0.0464. The Morgan fingerprint density at radius 1 is 0.513 bits per heavy atom. The molecule has 0 unspecified atom stereocenters. The topological polar surface area (TPSA) is 531 Å². The maximum Gasteiger partial charge on any atom is 0.357 e. The molecular formula is C99H146N32O14S5. The normalized spacial score (nSPS) is 10.3. The lowest BCUT2D eigenvalue weighted by Crippen LogP contribution is -2.21. The molecule has 0 atom stereocenters. The number of unbranched alkanes of at least 4 members (excludes halogenated alkanes) is 1. The van der Waals surface area contributed by atoms with Crippen molar-refractivity contribution in [1.82, 2.24) is 98.9 Å². The van der Waals surface area contributed by atoms with E-state index in [9.17, 15) is 33.6 Å². The van der Waals surface area contributed by atoms with Gasteiger partial charge in [0.25, 0.3) is 11.8 Å². The number of ether oxygens (including phenoxy) is 6. The molecule has 1 aliphatic rings. The van der Waals surface area contributed by atoms with Gasteiger partial charge in [-0.1, -0.05) is 65.2 Å². The number of carbonyl (C=O) groups excluding carboxylic acids is 7. The van der Waals surface area contributed by atoms with Crippen LogP contribution in [0.25, 0.3) is 17.1 Å². The number of thiazole rings is 5. The van der Waals surface area contributed by atoms with Crippen molar-refractivity contribution in [3.8, 4) is 11.4 Å². The highest BCUT2D eigenvalue weighted by atomic mass is 32.1. The zero-order valence-corrected chi connectivity index (χ0v) is 95.3. The van der Waals surface area contributed by atoms with E-state index in [1.54, 1.807) is 175 Å². The summed E-state index contributed by atoms with van der Waals surface area (Å²) >= 11 is 6.95. The van der Waals surface area contributed by atoms with Gasteiger partial charge in [-0.15, -0.1) is 22.7 Å². The van der Waals surface area contributed by atoms with Gasteiger partial charge in [0.2, 0.25) is 5.76 Å². The number of pyridine rings is 3. The Bertz CT molecular complexity index is 6230. The number of hydrogen-bond acceptors (Lipinski definition) is 44. The van der Waals surface area contributed by atoms with Gasteiger partial charge in [-0.3, -0.25) is 23.7 Å². The van der Waals surface area contributed by atoms with E-state index < -0.39 is 5.97 Å². The van der Waals surface area contributed by atoms with Gasteiger partial charge in [0, 0.05) is 224 Å². The van der Waals surface area contributed by atoms with Crippen molar-refractivity contribution in [1.29, 1.82) is 0 Å². The number of aromatic nitrogens is 18. The number of carbonyl (C=O) groups is 7. The largest absolute Gasteiger partial charge is 0.490 e. The Balaban J connectivity index is 0.000000341. The van der Waals surface area contributed by atoms with Gasteiger partial charge >= 0.3 is 29.8 Å². The second-order valence-corrected chi connectivity index (χ2v) is 35.8. The predicted molar refractivity (Wildman–Crippen MR) is 602 cm³/mol. The summed E-state index contributed by atoms with van der Waals surface area (Å²) in [5, 5.41) is 62.8. The van der Waals surface area contributed by atoms with Crippen LogP contribution >= 0.6 is 56.7 Å². The van der Waals surface area contributed by atoms with Gasteiger partial charge in [0.05, 0.1) is 98.3 Å². The fourth-order valence-electron chi connectivity index (χ4n) is 11.9. The first-order chi connectivity index (χ1) is 71.9. The molecule has 0 saturated heterocycles. The van der Waals surface area contributed by atoms with Gasteiger partial charge in [-0.2, -0.15) is 20.4 Å². The Hall–Kier alpha value is -15.6. The van der Waals surface area contributed by atoms with E-state index in [0.29, 0.717) is 87.2 Å². The van der Waals surface area contributed by atoms with Crippen molar-refractivity contribution in [3.05, 3.63) is 211 Å². The molecular weight excluding hydrogens is 2020 g/mol. The maximum absolute atomic E-state index is 11.9. The third-order valence-electron chi connectivity index (χ3n) is 19.7. The van der Waals surface area contributed by atoms with Crippen molar-refractivity contribution in [3.63, 3.8) is 0 Å². The number of anilines is 12. The zero-order chi connectivity index (χ0) is 111. The Labute approximate surface area is 896 Å². The molecule has 14 aromatic rings. The second kappa shape index (κ2) is 68.7. The Kier molecular flexibility index (Phi) is 58.0. The Morgan fingerprint density at radius 3 is 1.55 bits per heavy atom. The van der Waals surface area contributed by atoms with Gasteiger partial charge in [0.1, 0.15) is 55.1 Å². The molecule has 0 spiro atoms. The summed E-state index contributed by atoms with van der Waals surface area (Å²) in [7, 11) is 37.1. The van der Waals surface area contributed by atoms with Gasteiger partial charge in [0.15, 0.2) is 42.9 Å². The average molecular weight is 2170 g/mol. The molecule has 0 aromatic carbocycles. The van der Waals surface area contributed by atoms with Crippen LogP contribution < -0.4 is 68.7 Å². The number of rotatable bonds is 32. The third-order valence-corrected chi connectivity index (χ3v) is 24.9. The first kappa shape index (κ1) is 127. The van der Waals surface area contributed by atoms with Crippen molar-refractivity contribution in [2.24, 2.45) is 21.1 Å². The SMILES string of the molecule is C=C(OCC)c1cc(NC)no1.CCCCc1nc(NC)sc1C(=O)N(C)C.CCOC(=O)Cc1csc(NC)n1.CCOC(=O)c1cc(NC)nn1C.CCOC(=O)c1sc(NC)nc1C.CN(C)c1ccccn1.CNC(=O)c1sc(NC)nc1C.CNc1cc(-n2cccn2)ccn1.CNc1cc(-n2nc(C)cc2C)ccn1.CNc1cc(C(=O)OC)n(C)c1.CNc1cc(C2CC2)nn1C.CNc1nc(C(=O)OC)cs1. The molecule has 1 fully saturated rings. The maximum atomic E-state index is 11.9. The zero-order valence-electron chi connectivity index (χ0n) is 91.2. The second-order valence-electron chi connectivity index (χ2n) is 31.1. The quantitative estimate of drug-likeness (QED) is 0.0106. The molecule has 12 N–H and O–H groups in total. The highest BCUT2D eigenvalue weighted by Crippen LogP contribution is 2.40. The van der Waals surface area contributed by atoms with Crippen LogP contribution in [0.15, 0.2) is 138 Å². The predicted octanol–water partition coefficient (Wildman–Crippen LogP) is 16.0. The van der Waals surface area contributed by atoms with Crippen molar-refractivity contribution < 1.29 is 66.5 Å². The fraction of sp³-hybridized carbons (Fsp3) is 0.414. The molecule has 0 bridgehead atoms. The van der Waals surface area contributed by atoms with Crippen molar-refractivity contribution in [2.75, 3.05) is 217 Å². The molecule has 816 valence electrons. The van der Waals surface area contributed by atoms with E-state index in [-0.39, 0.29) is 42.1 Å². The van der Waals surface area contributed by atoms with Crippen molar-refractivity contribution in [2.45, 2.75) is 107 Å². The lowest BCUT2D eigenvalue weighted by atomic mass is 10.2. The van der Waals surface area contributed by atoms with E-state index in [2.05, 4.69) is 164 Å². The molecule has 0 radical (unpaired) electrons. The van der Waals surface area contributed by atoms with Crippen LogP contribution in [0, 0.1) is 27.7 Å². The highest BCUT2D eigenvalue weighted by Gasteiger charge is 2.27. The molecule has 14 heterocycles. The van der Waals surface area contributed by atoms with Crippen LogP contribution in [0.4, 0.5) is 66.3 Å². The molecule has 1 saturated carbocycles. The van der Waals surface area contributed by atoms with E-state index in [1.807, 2.05) is 158 Å². The molecule has 150 heavy (non-hydrogen) atoms. The number of aryl methyl sites for hydroxylation is 8. The number of hydrogen-bond donors (Lipinski definition) is 12. The summed E-state index contributed by atoms with van der Waals surface area (Å²) in [6.45, 7) is 22.5. The third kappa shape index (κ3) is 43.4. The number of nitrogens with zero attached hydrogens (tertiary/aromatic N) is 20. The molecule has 1 aliphatic carbocycles. The summed E-state index contributed by atoms with van der Waals surface area (Å²) in [5.41, 5.74) is 10.8. The molecule has 2 amide bonds. The van der Waals surface area contributed by atoms with Gasteiger partial charge in [-0.25, -0.2) is 68.4 Å². The smallest absolute Gasteiger partial charge is 0.357 e. The monoisotopic (exact) mass is 2170 g/mol. The van der Waals surface area contributed by atoms with Gasteiger partial charge < -0.3 is 111 Å². The Morgan fingerprint density at radius 2 is 1.09 bits per heavy atom. The number of amides is 2. The van der Waals surface area contributed by atoms with Crippen molar-refractivity contribution >= 4 is 170 Å². The first-order valence-corrected chi connectivity index (χ1v) is 51.6. The fourth-order valence-corrected chi connectivity index (χ4v) is 15.9. The molecule has 0 aliphatic heterocycles. The average Bonchev–Trinajstić information content (AvgIpc) is 1.67. The van der Waals surface area contributed by atoms with Crippen LogP contribution in [-0.4, -0.2) is 289 Å². The van der Waals surface area contributed by atoms with Crippen LogP contribution in [0.2, 0.25) is 0 Å². The van der Waals surface area contributed by atoms with Crippen LogP contribution in [-0.2, 0) is 67.2 Å².